The average Bonchev–Trinajstić information content (AvgIpc) is 2.80. The molecule has 1 aromatic carbocycles. The number of hydrogen-bond donors (Lipinski definition) is 2. The van der Waals surface area contributed by atoms with Gasteiger partial charge >= 0.3 is 5.76 Å². The summed E-state index contributed by atoms with van der Waals surface area (Å²) >= 11 is 0. The molecule has 1 amide bonds. The first kappa shape index (κ1) is 17.2. The Balaban J connectivity index is 2.12. The van der Waals surface area contributed by atoms with Gasteiger partial charge in [0.25, 0.3) is 0 Å². The molecule has 0 fully saturated rings. The third kappa shape index (κ3) is 3.99. The van der Waals surface area contributed by atoms with Gasteiger partial charge in [-0.3, -0.25) is 9.36 Å². The molecule has 1 heterocycles. The Kier molecular flexibility index (Phi) is 5.22. The highest BCUT2D eigenvalue weighted by Crippen LogP contribution is 2.18. The summed E-state index contributed by atoms with van der Waals surface area (Å²) in [6.45, 7) is 4.23. The van der Waals surface area contributed by atoms with E-state index < -0.39 is 15.8 Å². The summed E-state index contributed by atoms with van der Waals surface area (Å²) in [6.07, 6.45) is 0.475. The number of sulfonamides is 1. The minimum absolute atomic E-state index is 0.0292. The highest BCUT2D eigenvalue weighted by atomic mass is 32.2. The highest BCUT2D eigenvalue weighted by molar-refractivity contribution is 7.89. The zero-order chi connectivity index (χ0) is 17.0. The largest absolute Gasteiger partial charge is 0.419 e. The lowest BCUT2D eigenvalue weighted by Crippen LogP contribution is -2.28. The summed E-state index contributed by atoms with van der Waals surface area (Å²) in [5.74, 6) is -0.672. The SMILES string of the molecule is CCn1c(=O)oc2cc(S(=O)(=O)NCCCNC(C)=O)ccc21. The second kappa shape index (κ2) is 6.97. The summed E-state index contributed by atoms with van der Waals surface area (Å²) in [5, 5.41) is 2.58. The van der Waals surface area contributed by atoms with Crippen LogP contribution in [0.4, 0.5) is 0 Å². The Morgan fingerprint density at radius 3 is 2.70 bits per heavy atom. The van der Waals surface area contributed by atoms with Gasteiger partial charge in [-0.25, -0.2) is 17.9 Å². The first-order chi connectivity index (χ1) is 10.8. The molecule has 8 nitrogen and oxygen atoms in total. The molecule has 0 atom stereocenters. The molecule has 0 spiro atoms. The van der Waals surface area contributed by atoms with Gasteiger partial charge in [-0.05, 0) is 25.5 Å². The monoisotopic (exact) mass is 341 g/mol. The molecular weight excluding hydrogens is 322 g/mol. The third-order valence-corrected chi connectivity index (χ3v) is 4.74. The van der Waals surface area contributed by atoms with Crippen LogP contribution in [0.15, 0.2) is 32.3 Å². The van der Waals surface area contributed by atoms with Crippen molar-refractivity contribution in [3.05, 3.63) is 28.7 Å². The van der Waals surface area contributed by atoms with Crippen LogP contribution in [0.3, 0.4) is 0 Å². The van der Waals surface area contributed by atoms with Gasteiger partial charge in [0.2, 0.25) is 15.9 Å². The van der Waals surface area contributed by atoms with Crippen LogP contribution in [0.1, 0.15) is 20.3 Å². The van der Waals surface area contributed by atoms with Crippen molar-refractivity contribution >= 4 is 27.0 Å². The quantitative estimate of drug-likeness (QED) is 0.709. The number of benzene rings is 1. The van der Waals surface area contributed by atoms with Crippen molar-refractivity contribution in [2.45, 2.75) is 31.7 Å². The fourth-order valence-electron chi connectivity index (χ4n) is 2.16. The number of nitrogens with zero attached hydrogens (tertiary/aromatic N) is 1. The second-order valence-electron chi connectivity index (χ2n) is 4.98. The second-order valence-corrected chi connectivity index (χ2v) is 6.74. The van der Waals surface area contributed by atoms with E-state index in [0.717, 1.165) is 0 Å². The molecule has 0 aliphatic rings. The molecule has 2 rings (SSSR count). The van der Waals surface area contributed by atoms with Crippen LogP contribution in [0, 0.1) is 0 Å². The molecule has 0 unspecified atom stereocenters. The number of amides is 1. The third-order valence-electron chi connectivity index (χ3n) is 3.29. The summed E-state index contributed by atoms with van der Waals surface area (Å²) in [4.78, 5) is 22.4. The number of fused-ring (bicyclic) bond motifs is 1. The molecule has 0 saturated heterocycles. The van der Waals surface area contributed by atoms with Crippen LogP contribution in [0.5, 0.6) is 0 Å². The standard InChI is InChI=1S/C14H19N3O5S/c1-3-17-12-6-5-11(9-13(12)22-14(17)19)23(20,21)16-8-4-7-15-10(2)18/h5-6,9,16H,3-4,7-8H2,1-2H3,(H,15,18). The maximum absolute atomic E-state index is 12.2. The number of carbonyl (C=O) groups is 1. The number of oxazole rings is 1. The molecule has 0 bridgehead atoms. The van der Waals surface area contributed by atoms with E-state index in [-0.39, 0.29) is 22.9 Å². The van der Waals surface area contributed by atoms with Gasteiger partial charge < -0.3 is 9.73 Å². The number of aryl methyl sites for hydroxylation is 1. The van der Waals surface area contributed by atoms with Crippen molar-refractivity contribution < 1.29 is 17.6 Å². The minimum atomic E-state index is -3.70. The van der Waals surface area contributed by atoms with Gasteiger partial charge in [-0.15, -0.1) is 0 Å². The van der Waals surface area contributed by atoms with E-state index in [9.17, 15) is 18.0 Å². The Morgan fingerprint density at radius 2 is 2.04 bits per heavy atom. The molecule has 9 heteroatoms. The van der Waals surface area contributed by atoms with E-state index >= 15 is 0 Å². The normalized spacial score (nSPS) is 11.7. The molecule has 0 saturated carbocycles. The molecular formula is C14H19N3O5S. The van der Waals surface area contributed by atoms with E-state index in [1.165, 1.54) is 23.6 Å². The van der Waals surface area contributed by atoms with E-state index in [2.05, 4.69) is 10.0 Å². The van der Waals surface area contributed by atoms with Crippen LogP contribution in [-0.2, 0) is 21.4 Å². The lowest BCUT2D eigenvalue weighted by Gasteiger charge is -2.07. The molecule has 0 aliphatic carbocycles. The van der Waals surface area contributed by atoms with Crippen molar-refractivity contribution in [1.82, 2.24) is 14.6 Å². The van der Waals surface area contributed by atoms with Crippen LogP contribution >= 0.6 is 0 Å². The number of rotatable bonds is 7. The van der Waals surface area contributed by atoms with Gasteiger partial charge in [-0.1, -0.05) is 0 Å². The Hall–Kier alpha value is -2.13. The Labute approximate surface area is 133 Å². The fourth-order valence-corrected chi connectivity index (χ4v) is 3.25. The zero-order valence-corrected chi connectivity index (χ0v) is 13.8. The predicted molar refractivity (Wildman–Crippen MR) is 84.6 cm³/mol. The maximum atomic E-state index is 12.2. The van der Waals surface area contributed by atoms with Gasteiger partial charge in [0.15, 0.2) is 5.58 Å². The van der Waals surface area contributed by atoms with Crippen molar-refractivity contribution in [3.8, 4) is 0 Å². The number of carbonyl (C=O) groups excluding carboxylic acids is 1. The van der Waals surface area contributed by atoms with E-state index in [1.54, 1.807) is 13.0 Å². The highest BCUT2D eigenvalue weighted by Gasteiger charge is 2.16. The average molecular weight is 341 g/mol. The van der Waals surface area contributed by atoms with Gasteiger partial charge in [-0.2, -0.15) is 0 Å². The summed E-state index contributed by atoms with van der Waals surface area (Å²) in [5.41, 5.74) is 0.792. The molecule has 23 heavy (non-hydrogen) atoms. The van der Waals surface area contributed by atoms with Gasteiger partial charge in [0.05, 0.1) is 10.4 Å². The van der Waals surface area contributed by atoms with E-state index in [0.29, 0.717) is 25.0 Å². The maximum Gasteiger partial charge on any atom is 0.419 e. The van der Waals surface area contributed by atoms with E-state index in [1.807, 2.05) is 0 Å². The Bertz CT molecular complexity index is 866. The molecule has 0 aliphatic heterocycles. The van der Waals surface area contributed by atoms with E-state index in [4.69, 9.17) is 4.42 Å². The predicted octanol–water partition coefficient (Wildman–Crippen LogP) is 0.419. The van der Waals surface area contributed by atoms with Crippen LogP contribution in [0.2, 0.25) is 0 Å². The molecule has 0 radical (unpaired) electrons. The summed E-state index contributed by atoms with van der Waals surface area (Å²) < 4.78 is 33.3. The smallest absolute Gasteiger partial charge is 0.408 e. The first-order valence-electron chi connectivity index (χ1n) is 7.22. The Morgan fingerprint density at radius 1 is 1.30 bits per heavy atom. The summed E-state index contributed by atoms with van der Waals surface area (Å²) in [6, 6.07) is 4.31. The molecule has 2 N–H and O–H groups in total. The lowest BCUT2D eigenvalue weighted by molar-refractivity contribution is -0.118. The van der Waals surface area contributed by atoms with Crippen LogP contribution < -0.4 is 15.8 Å². The fraction of sp³-hybridized carbons (Fsp3) is 0.429. The van der Waals surface area contributed by atoms with Crippen molar-refractivity contribution in [3.63, 3.8) is 0 Å². The van der Waals surface area contributed by atoms with Crippen molar-refractivity contribution in [2.75, 3.05) is 13.1 Å². The molecule has 2 aromatic rings. The van der Waals surface area contributed by atoms with Crippen LogP contribution in [-0.4, -0.2) is 32.0 Å². The van der Waals surface area contributed by atoms with Crippen molar-refractivity contribution in [1.29, 1.82) is 0 Å². The number of nitrogens with one attached hydrogen (secondary N) is 2. The van der Waals surface area contributed by atoms with Gasteiger partial charge in [0, 0.05) is 32.6 Å². The van der Waals surface area contributed by atoms with Gasteiger partial charge in [0.1, 0.15) is 0 Å². The number of hydrogen-bond acceptors (Lipinski definition) is 5. The number of aromatic nitrogens is 1. The zero-order valence-electron chi connectivity index (χ0n) is 13.0. The summed E-state index contributed by atoms with van der Waals surface area (Å²) in [7, 11) is -3.70. The molecule has 126 valence electrons. The topological polar surface area (TPSA) is 110 Å². The first-order valence-corrected chi connectivity index (χ1v) is 8.71. The molecule has 1 aromatic heterocycles. The lowest BCUT2D eigenvalue weighted by atomic mass is 10.3. The minimum Gasteiger partial charge on any atom is -0.408 e. The van der Waals surface area contributed by atoms with Crippen molar-refractivity contribution in [2.24, 2.45) is 0 Å². The van der Waals surface area contributed by atoms with Crippen LogP contribution in [0.25, 0.3) is 11.1 Å².